The molecule has 2 nitrogen and oxygen atoms in total. The Balaban J connectivity index is 2.26. The lowest BCUT2D eigenvalue weighted by Crippen LogP contribution is -2.00. The number of hydrogen-bond acceptors (Lipinski definition) is 2. The zero-order valence-electron chi connectivity index (χ0n) is 8.12. The Labute approximate surface area is 83.2 Å². The summed E-state index contributed by atoms with van der Waals surface area (Å²) >= 11 is 0. The Hall–Kier alpha value is -1.57. The minimum atomic E-state index is -0.277. The van der Waals surface area contributed by atoms with E-state index in [0.717, 1.165) is 5.56 Å². The van der Waals surface area contributed by atoms with E-state index in [-0.39, 0.29) is 5.97 Å². The zero-order valence-corrected chi connectivity index (χ0v) is 8.12. The number of hydrogen-bond donors (Lipinski definition) is 0. The number of benzene rings is 1. The maximum atomic E-state index is 11.2. The monoisotopic (exact) mass is 188 g/mol. The van der Waals surface area contributed by atoms with Crippen LogP contribution in [0, 0.1) is 0 Å². The van der Waals surface area contributed by atoms with Crippen LogP contribution in [-0.2, 0) is 4.74 Å². The van der Waals surface area contributed by atoms with E-state index in [1.54, 1.807) is 6.07 Å². The number of ether oxygens (including phenoxy) is 1. The lowest BCUT2D eigenvalue weighted by atomic mass is 10.1. The standard InChI is InChI=1S/C12H12O2/c1-14-12(13)11-4-2-3-10(8-11)7-9-5-6-9/h2-4,7-8H,5-6H2,1H3. The molecule has 1 saturated carbocycles. The average molecular weight is 188 g/mol. The lowest BCUT2D eigenvalue weighted by molar-refractivity contribution is 0.0600. The van der Waals surface area contributed by atoms with Crippen molar-refractivity contribution in [2.75, 3.05) is 7.11 Å². The molecule has 2 heteroatoms. The van der Waals surface area contributed by atoms with Crippen LogP contribution in [0.15, 0.2) is 29.8 Å². The molecule has 1 fully saturated rings. The topological polar surface area (TPSA) is 26.3 Å². The molecule has 0 radical (unpaired) electrons. The van der Waals surface area contributed by atoms with Crippen LogP contribution in [0.5, 0.6) is 0 Å². The molecule has 0 amide bonds. The van der Waals surface area contributed by atoms with Crippen molar-refractivity contribution in [3.8, 4) is 0 Å². The van der Waals surface area contributed by atoms with Crippen LogP contribution in [0.4, 0.5) is 0 Å². The summed E-state index contributed by atoms with van der Waals surface area (Å²) in [7, 11) is 1.40. The predicted octanol–water partition coefficient (Wildman–Crippen LogP) is 2.65. The Bertz CT molecular complexity index is 385. The number of esters is 1. The van der Waals surface area contributed by atoms with Crippen LogP contribution < -0.4 is 0 Å². The van der Waals surface area contributed by atoms with Crippen molar-refractivity contribution in [2.45, 2.75) is 12.8 Å². The SMILES string of the molecule is COC(=O)c1cccc(C=C2CC2)c1. The summed E-state index contributed by atoms with van der Waals surface area (Å²) in [5.74, 6) is -0.277. The maximum absolute atomic E-state index is 11.2. The second-order valence-corrected chi connectivity index (χ2v) is 3.42. The second-order valence-electron chi connectivity index (χ2n) is 3.42. The van der Waals surface area contributed by atoms with Crippen LogP contribution in [-0.4, -0.2) is 13.1 Å². The van der Waals surface area contributed by atoms with Gasteiger partial charge in [0.1, 0.15) is 0 Å². The minimum absolute atomic E-state index is 0.277. The molecule has 1 aliphatic carbocycles. The highest BCUT2D eigenvalue weighted by atomic mass is 16.5. The first-order valence-electron chi connectivity index (χ1n) is 4.67. The number of carbonyl (C=O) groups excluding carboxylic acids is 1. The fraction of sp³-hybridized carbons (Fsp3) is 0.250. The summed E-state index contributed by atoms with van der Waals surface area (Å²) in [5, 5.41) is 0. The van der Waals surface area contributed by atoms with Crippen molar-refractivity contribution in [3.63, 3.8) is 0 Å². The fourth-order valence-electron chi connectivity index (χ4n) is 1.33. The molecule has 0 N–H and O–H groups in total. The van der Waals surface area contributed by atoms with Gasteiger partial charge in [-0.3, -0.25) is 0 Å². The van der Waals surface area contributed by atoms with Gasteiger partial charge in [-0.05, 0) is 30.5 Å². The summed E-state index contributed by atoms with van der Waals surface area (Å²) in [6.07, 6.45) is 4.53. The molecule has 0 atom stereocenters. The van der Waals surface area contributed by atoms with Crippen LogP contribution in [0.3, 0.4) is 0 Å². The summed E-state index contributed by atoms with van der Waals surface area (Å²) in [5.41, 5.74) is 3.15. The van der Waals surface area contributed by atoms with Gasteiger partial charge in [-0.2, -0.15) is 0 Å². The van der Waals surface area contributed by atoms with Crippen LogP contribution >= 0.6 is 0 Å². The van der Waals surface area contributed by atoms with Gasteiger partial charge in [0.2, 0.25) is 0 Å². The third-order valence-electron chi connectivity index (χ3n) is 2.22. The molecule has 0 unspecified atom stereocenters. The number of carbonyl (C=O) groups is 1. The molecule has 1 aromatic rings. The van der Waals surface area contributed by atoms with E-state index >= 15 is 0 Å². The lowest BCUT2D eigenvalue weighted by Gasteiger charge is -1.99. The molecular formula is C12H12O2. The van der Waals surface area contributed by atoms with Gasteiger partial charge in [0, 0.05) is 0 Å². The third-order valence-corrected chi connectivity index (χ3v) is 2.22. The van der Waals surface area contributed by atoms with Gasteiger partial charge in [-0.1, -0.05) is 23.8 Å². The first kappa shape index (κ1) is 9.00. The first-order valence-corrected chi connectivity index (χ1v) is 4.67. The molecular weight excluding hydrogens is 176 g/mol. The van der Waals surface area contributed by atoms with E-state index < -0.39 is 0 Å². The zero-order chi connectivity index (χ0) is 9.97. The molecule has 0 heterocycles. The minimum Gasteiger partial charge on any atom is -0.465 e. The van der Waals surface area contributed by atoms with Gasteiger partial charge in [0.15, 0.2) is 0 Å². The molecule has 1 aromatic carbocycles. The average Bonchev–Trinajstić information content (AvgIpc) is 3.01. The van der Waals surface area contributed by atoms with E-state index in [0.29, 0.717) is 5.56 Å². The van der Waals surface area contributed by atoms with Gasteiger partial charge in [0.25, 0.3) is 0 Å². The summed E-state index contributed by atoms with van der Waals surface area (Å²) in [4.78, 5) is 11.2. The molecule has 2 rings (SSSR count). The number of allylic oxidation sites excluding steroid dienone is 1. The van der Waals surface area contributed by atoms with Crippen LogP contribution in [0.25, 0.3) is 6.08 Å². The Morgan fingerprint density at radius 3 is 2.86 bits per heavy atom. The highest BCUT2D eigenvalue weighted by molar-refractivity contribution is 5.90. The van der Waals surface area contributed by atoms with Crippen LogP contribution in [0.1, 0.15) is 28.8 Å². The van der Waals surface area contributed by atoms with Crippen molar-refractivity contribution < 1.29 is 9.53 Å². The molecule has 0 aliphatic heterocycles. The Morgan fingerprint density at radius 2 is 2.21 bits per heavy atom. The van der Waals surface area contributed by atoms with Crippen molar-refractivity contribution in [2.24, 2.45) is 0 Å². The van der Waals surface area contributed by atoms with Crippen molar-refractivity contribution >= 4 is 12.0 Å². The molecule has 14 heavy (non-hydrogen) atoms. The van der Waals surface area contributed by atoms with Crippen molar-refractivity contribution in [1.82, 2.24) is 0 Å². The van der Waals surface area contributed by atoms with Gasteiger partial charge in [-0.15, -0.1) is 0 Å². The highest BCUT2D eigenvalue weighted by Gasteiger charge is 2.11. The molecule has 72 valence electrons. The Kier molecular flexibility index (Phi) is 2.35. The quantitative estimate of drug-likeness (QED) is 0.667. The molecule has 0 saturated heterocycles. The normalized spacial score (nSPS) is 13.6. The number of methoxy groups -OCH3 is 1. The third kappa shape index (κ3) is 2.02. The summed E-state index contributed by atoms with van der Waals surface area (Å²) in [6.45, 7) is 0. The summed E-state index contributed by atoms with van der Waals surface area (Å²) in [6, 6.07) is 7.50. The van der Waals surface area contributed by atoms with Crippen molar-refractivity contribution in [3.05, 3.63) is 41.0 Å². The van der Waals surface area contributed by atoms with E-state index in [9.17, 15) is 4.79 Å². The second kappa shape index (κ2) is 3.66. The van der Waals surface area contributed by atoms with Gasteiger partial charge < -0.3 is 4.74 Å². The molecule has 0 aromatic heterocycles. The van der Waals surface area contributed by atoms with E-state index in [2.05, 4.69) is 10.8 Å². The Morgan fingerprint density at radius 1 is 1.43 bits per heavy atom. The smallest absolute Gasteiger partial charge is 0.337 e. The van der Waals surface area contributed by atoms with Crippen LogP contribution in [0.2, 0.25) is 0 Å². The van der Waals surface area contributed by atoms with Gasteiger partial charge in [-0.25, -0.2) is 4.79 Å². The molecule has 0 bridgehead atoms. The maximum Gasteiger partial charge on any atom is 0.337 e. The van der Waals surface area contributed by atoms with E-state index in [1.165, 1.54) is 25.5 Å². The predicted molar refractivity (Wildman–Crippen MR) is 55.0 cm³/mol. The highest BCUT2D eigenvalue weighted by Crippen LogP contribution is 2.30. The molecule has 0 spiro atoms. The first-order chi connectivity index (χ1) is 6.79. The largest absolute Gasteiger partial charge is 0.465 e. The van der Waals surface area contributed by atoms with Gasteiger partial charge in [0.05, 0.1) is 12.7 Å². The van der Waals surface area contributed by atoms with Crippen molar-refractivity contribution in [1.29, 1.82) is 0 Å². The van der Waals surface area contributed by atoms with Gasteiger partial charge >= 0.3 is 5.97 Å². The van der Waals surface area contributed by atoms with E-state index in [1.807, 2.05) is 18.2 Å². The summed E-state index contributed by atoms with van der Waals surface area (Å²) < 4.78 is 4.65. The van der Waals surface area contributed by atoms with E-state index in [4.69, 9.17) is 0 Å². The number of rotatable bonds is 2. The molecule has 1 aliphatic rings. The fourth-order valence-corrected chi connectivity index (χ4v) is 1.33.